The first-order valence-corrected chi connectivity index (χ1v) is 7.46. The Hall–Kier alpha value is -1.33. The minimum absolute atomic E-state index is 0.108. The van der Waals surface area contributed by atoms with Gasteiger partial charge in [-0.3, -0.25) is 4.79 Å². The van der Waals surface area contributed by atoms with Gasteiger partial charge in [-0.1, -0.05) is 24.9 Å². The fraction of sp³-hybridized carbons (Fsp3) is 0.571. The largest absolute Gasteiger partial charge is 0.337 e. The maximum absolute atomic E-state index is 12.5. The Morgan fingerprint density at radius 3 is 3.00 bits per heavy atom. The van der Waals surface area contributed by atoms with Crippen molar-refractivity contribution in [1.29, 1.82) is 0 Å². The van der Waals surface area contributed by atoms with Gasteiger partial charge in [0.25, 0.3) is 5.91 Å². The molecule has 1 aliphatic heterocycles. The van der Waals surface area contributed by atoms with Crippen molar-refractivity contribution in [1.82, 2.24) is 9.88 Å². The molecular formula is C14H21ClN4O. The van der Waals surface area contributed by atoms with E-state index in [-0.39, 0.29) is 11.6 Å². The number of hydrogen-bond acceptors (Lipinski definition) is 4. The van der Waals surface area contributed by atoms with Crippen LogP contribution in [0.25, 0.3) is 0 Å². The average Bonchev–Trinajstić information content (AvgIpc) is 2.72. The number of carbonyl (C=O) groups is 1. The second kappa shape index (κ2) is 6.90. The lowest BCUT2D eigenvalue weighted by molar-refractivity contribution is 0.0754. The van der Waals surface area contributed by atoms with Gasteiger partial charge in [0.15, 0.2) is 0 Å². The Balaban J connectivity index is 2.14. The summed E-state index contributed by atoms with van der Waals surface area (Å²) < 4.78 is 0. The Kier molecular flexibility index (Phi) is 5.20. The number of carbonyl (C=O) groups excluding carboxylic acids is 1. The van der Waals surface area contributed by atoms with Crippen LogP contribution in [0.15, 0.2) is 12.1 Å². The molecule has 3 N–H and O–H groups in total. The van der Waals surface area contributed by atoms with Crippen LogP contribution in [0.2, 0.25) is 5.02 Å². The van der Waals surface area contributed by atoms with E-state index < -0.39 is 0 Å². The Labute approximate surface area is 124 Å². The van der Waals surface area contributed by atoms with Gasteiger partial charge in [0.2, 0.25) is 0 Å². The van der Waals surface area contributed by atoms with Crippen LogP contribution in [-0.4, -0.2) is 28.9 Å². The summed E-state index contributed by atoms with van der Waals surface area (Å²) in [5, 5.41) is 0.366. The van der Waals surface area contributed by atoms with E-state index in [0.717, 1.165) is 25.9 Å². The zero-order chi connectivity index (χ0) is 14.5. The molecule has 1 unspecified atom stereocenters. The number of likely N-dealkylation sites (tertiary alicyclic amines) is 1. The minimum Gasteiger partial charge on any atom is -0.337 e. The van der Waals surface area contributed by atoms with Crippen LogP contribution >= 0.6 is 11.6 Å². The number of nitrogens with zero attached hydrogens (tertiary/aromatic N) is 2. The lowest BCUT2D eigenvalue weighted by Crippen LogP contribution is -2.33. The monoisotopic (exact) mass is 296 g/mol. The fourth-order valence-electron chi connectivity index (χ4n) is 2.60. The first-order chi connectivity index (χ1) is 9.65. The quantitative estimate of drug-likeness (QED) is 0.664. The van der Waals surface area contributed by atoms with E-state index in [9.17, 15) is 4.79 Å². The maximum atomic E-state index is 12.5. The van der Waals surface area contributed by atoms with Gasteiger partial charge in [-0.05, 0) is 37.3 Å². The van der Waals surface area contributed by atoms with E-state index in [1.807, 2.05) is 4.90 Å². The summed E-state index contributed by atoms with van der Waals surface area (Å²) in [6, 6.07) is 3.29. The topological polar surface area (TPSA) is 71.2 Å². The number of nitrogens with one attached hydrogen (secondary N) is 1. The van der Waals surface area contributed by atoms with Crippen molar-refractivity contribution in [3.8, 4) is 0 Å². The molecule has 1 amide bonds. The molecule has 0 aliphatic carbocycles. The third-order valence-corrected chi connectivity index (χ3v) is 4.21. The van der Waals surface area contributed by atoms with Crippen molar-refractivity contribution >= 4 is 23.3 Å². The van der Waals surface area contributed by atoms with Crippen LogP contribution in [-0.2, 0) is 0 Å². The lowest BCUT2D eigenvalue weighted by atomic mass is 9.98. The summed E-state index contributed by atoms with van der Waals surface area (Å²) in [4.78, 5) is 18.6. The average molecular weight is 297 g/mol. The van der Waals surface area contributed by atoms with E-state index >= 15 is 0 Å². The molecule has 2 rings (SSSR count). The number of anilines is 1. The minimum atomic E-state index is -0.108. The number of aromatic nitrogens is 1. The molecule has 1 fully saturated rings. The summed E-state index contributed by atoms with van der Waals surface area (Å²) >= 11 is 6.09. The zero-order valence-electron chi connectivity index (χ0n) is 11.7. The number of nitrogen functional groups attached to an aromatic ring is 1. The van der Waals surface area contributed by atoms with Crippen molar-refractivity contribution in [2.45, 2.75) is 32.6 Å². The van der Waals surface area contributed by atoms with Gasteiger partial charge in [-0.2, -0.15) is 0 Å². The maximum Gasteiger partial charge on any atom is 0.274 e. The molecule has 1 saturated heterocycles. The summed E-state index contributed by atoms with van der Waals surface area (Å²) in [7, 11) is 0. The molecule has 1 aliphatic rings. The van der Waals surface area contributed by atoms with Crippen molar-refractivity contribution in [2.75, 3.05) is 18.5 Å². The Morgan fingerprint density at radius 2 is 2.30 bits per heavy atom. The summed E-state index contributed by atoms with van der Waals surface area (Å²) in [6.07, 6.45) is 4.45. The normalized spacial score (nSPS) is 19.6. The highest BCUT2D eigenvalue weighted by atomic mass is 35.5. The van der Waals surface area contributed by atoms with Gasteiger partial charge in [0.05, 0.1) is 5.02 Å². The third kappa shape index (κ3) is 3.41. The molecule has 1 aromatic rings. The van der Waals surface area contributed by atoms with Crippen LogP contribution in [0.1, 0.15) is 43.1 Å². The molecule has 5 nitrogen and oxygen atoms in total. The van der Waals surface area contributed by atoms with Gasteiger partial charge in [-0.15, -0.1) is 0 Å². The predicted octanol–water partition coefficient (Wildman–Crippen LogP) is 2.67. The first kappa shape index (κ1) is 15.1. The molecule has 0 bridgehead atoms. The van der Waals surface area contributed by atoms with Crippen LogP contribution in [0.5, 0.6) is 0 Å². The number of halogens is 1. The van der Waals surface area contributed by atoms with Gasteiger partial charge >= 0.3 is 0 Å². The number of nitrogens with two attached hydrogens (primary N) is 1. The Morgan fingerprint density at radius 1 is 1.50 bits per heavy atom. The van der Waals surface area contributed by atoms with E-state index in [1.54, 1.807) is 12.1 Å². The molecule has 0 aromatic carbocycles. The molecule has 2 heterocycles. The van der Waals surface area contributed by atoms with E-state index in [2.05, 4.69) is 17.3 Å². The van der Waals surface area contributed by atoms with Crippen LogP contribution < -0.4 is 11.3 Å². The molecule has 0 spiro atoms. The molecule has 20 heavy (non-hydrogen) atoms. The lowest BCUT2D eigenvalue weighted by Gasteiger charge is -2.21. The number of rotatable bonds is 3. The van der Waals surface area contributed by atoms with Crippen molar-refractivity contribution in [3.63, 3.8) is 0 Å². The summed E-state index contributed by atoms with van der Waals surface area (Å²) in [5.74, 6) is 6.38. The number of pyridine rings is 1. The zero-order valence-corrected chi connectivity index (χ0v) is 12.5. The number of amides is 1. The molecule has 110 valence electrons. The SMILES string of the molecule is CCC1CCCN(C(=O)c2nc(NN)ccc2Cl)CC1. The molecule has 1 aromatic heterocycles. The van der Waals surface area contributed by atoms with E-state index in [0.29, 0.717) is 16.8 Å². The van der Waals surface area contributed by atoms with Crippen molar-refractivity contribution < 1.29 is 4.79 Å². The van der Waals surface area contributed by atoms with E-state index in [4.69, 9.17) is 17.4 Å². The molecule has 0 radical (unpaired) electrons. The van der Waals surface area contributed by atoms with Gasteiger partial charge in [0, 0.05) is 13.1 Å². The van der Waals surface area contributed by atoms with Crippen LogP contribution in [0.4, 0.5) is 5.82 Å². The highest BCUT2D eigenvalue weighted by Crippen LogP contribution is 2.23. The van der Waals surface area contributed by atoms with Crippen molar-refractivity contribution in [3.05, 3.63) is 22.8 Å². The molecular weight excluding hydrogens is 276 g/mol. The predicted molar refractivity (Wildman–Crippen MR) is 80.6 cm³/mol. The second-order valence-corrected chi connectivity index (χ2v) is 5.58. The van der Waals surface area contributed by atoms with E-state index in [1.165, 1.54) is 12.8 Å². The van der Waals surface area contributed by atoms with Crippen molar-refractivity contribution in [2.24, 2.45) is 11.8 Å². The second-order valence-electron chi connectivity index (χ2n) is 5.17. The highest BCUT2D eigenvalue weighted by molar-refractivity contribution is 6.33. The third-order valence-electron chi connectivity index (χ3n) is 3.91. The van der Waals surface area contributed by atoms with Gasteiger partial charge < -0.3 is 10.3 Å². The van der Waals surface area contributed by atoms with Gasteiger partial charge in [-0.25, -0.2) is 10.8 Å². The van der Waals surface area contributed by atoms with Crippen LogP contribution in [0, 0.1) is 5.92 Å². The molecule has 6 heteroatoms. The first-order valence-electron chi connectivity index (χ1n) is 7.08. The number of hydrazine groups is 1. The standard InChI is InChI=1S/C14H21ClN4O/c1-2-10-4-3-8-19(9-7-10)14(20)13-11(15)5-6-12(17-13)18-16/h5-6,10H,2-4,7-9,16H2,1H3,(H,17,18). The van der Waals surface area contributed by atoms with Gasteiger partial charge in [0.1, 0.15) is 11.5 Å². The molecule has 1 atom stereocenters. The van der Waals surface area contributed by atoms with Crippen LogP contribution in [0.3, 0.4) is 0 Å². The molecule has 0 saturated carbocycles. The Bertz CT molecular complexity index is 480. The highest BCUT2D eigenvalue weighted by Gasteiger charge is 2.23. The smallest absolute Gasteiger partial charge is 0.274 e. The summed E-state index contributed by atoms with van der Waals surface area (Å²) in [6.45, 7) is 3.75. The fourth-order valence-corrected chi connectivity index (χ4v) is 2.79. The number of hydrogen-bond donors (Lipinski definition) is 2. The summed E-state index contributed by atoms with van der Waals surface area (Å²) in [5.41, 5.74) is 2.72.